The summed E-state index contributed by atoms with van der Waals surface area (Å²) in [5, 5.41) is 11.4. The van der Waals surface area contributed by atoms with Crippen molar-refractivity contribution in [2.75, 3.05) is 0 Å². The van der Waals surface area contributed by atoms with Gasteiger partial charge in [-0.1, -0.05) is 166 Å². The standard InChI is InChI=1S/C54H44N3O.Pt/c1-35(2)37-22-24-39(25-23-37)42-28-29-55-49(34-42)45-31-43(38-14-7-5-8-15-38)30-44(32-45)46-19-13-20-51-53(46)56-54(47-18-11-12-21-52(47)58)57(51)50-27-26-41(36(3)4)33-48(50)40-16-9-6-10-17-40;/h5-31,33-36,58H,1-4H3;/q-1;/i3D3,4D3,35D;. The summed E-state index contributed by atoms with van der Waals surface area (Å²) in [6.07, 6.45) is 1.80. The Hall–Kier alpha value is -6.35. The molecule has 0 fully saturated rings. The summed E-state index contributed by atoms with van der Waals surface area (Å²) in [6.45, 7) is -1.85. The first-order chi connectivity index (χ1) is 31.0. The molecule has 0 radical (unpaired) electrons. The average Bonchev–Trinajstić information content (AvgIpc) is 3.68. The fraction of sp³-hybridized carbons (Fsp3) is 0.111. The number of para-hydroxylation sites is 2. The molecule has 2 heterocycles. The zero-order chi connectivity index (χ0) is 45.7. The number of hydrogen-bond donors (Lipinski definition) is 1. The molecule has 0 aliphatic heterocycles. The minimum Gasteiger partial charge on any atom is -0.507 e. The second kappa shape index (κ2) is 16.9. The summed E-state index contributed by atoms with van der Waals surface area (Å²) in [6, 6.07) is 57.3. The number of aromatic hydroxyl groups is 1. The van der Waals surface area contributed by atoms with Crippen molar-refractivity contribution in [1.82, 2.24) is 14.5 Å². The molecular formula is C54H44N3OPt-. The van der Waals surface area contributed by atoms with E-state index in [1.54, 1.807) is 42.6 Å². The van der Waals surface area contributed by atoms with E-state index in [0.717, 1.165) is 55.8 Å². The molecule has 0 atom stereocenters. The van der Waals surface area contributed by atoms with Gasteiger partial charge in [0, 0.05) is 48.1 Å². The number of hydrogen-bond acceptors (Lipinski definition) is 3. The maximum absolute atomic E-state index is 11.4. The quantitative estimate of drug-likeness (QED) is 0.147. The molecule has 0 aliphatic carbocycles. The number of imidazole rings is 1. The smallest absolute Gasteiger partial charge is 0.148 e. The Labute approximate surface area is 371 Å². The Kier molecular flexibility index (Phi) is 9.03. The van der Waals surface area contributed by atoms with Crippen LogP contribution >= 0.6 is 0 Å². The van der Waals surface area contributed by atoms with E-state index in [9.17, 15) is 5.11 Å². The van der Waals surface area contributed by atoms with Gasteiger partial charge in [0.15, 0.2) is 0 Å². The molecule has 0 spiro atoms. The van der Waals surface area contributed by atoms with Crippen LogP contribution in [0.4, 0.5) is 0 Å². The summed E-state index contributed by atoms with van der Waals surface area (Å²) in [5.74, 6) is -2.01. The topological polar surface area (TPSA) is 50.9 Å². The van der Waals surface area contributed by atoms with Gasteiger partial charge < -0.3 is 5.11 Å². The Morgan fingerprint density at radius 1 is 0.593 bits per heavy atom. The summed E-state index contributed by atoms with van der Waals surface area (Å²) in [5.41, 5.74) is 11.7. The van der Waals surface area contributed by atoms with Crippen LogP contribution in [0, 0.1) is 6.07 Å². The van der Waals surface area contributed by atoms with Crippen molar-refractivity contribution in [3.8, 4) is 78.6 Å². The number of benzene rings is 7. The minimum atomic E-state index is -2.80. The van der Waals surface area contributed by atoms with Gasteiger partial charge >= 0.3 is 0 Å². The summed E-state index contributed by atoms with van der Waals surface area (Å²) in [7, 11) is 0. The van der Waals surface area contributed by atoms with Crippen molar-refractivity contribution < 1.29 is 35.8 Å². The molecule has 0 bridgehead atoms. The van der Waals surface area contributed by atoms with Crippen LogP contribution in [0.2, 0.25) is 0 Å². The monoisotopic (exact) mass is 952 g/mol. The molecule has 1 N–H and O–H groups in total. The van der Waals surface area contributed by atoms with Crippen molar-refractivity contribution >= 4 is 11.0 Å². The van der Waals surface area contributed by atoms with E-state index in [1.807, 2.05) is 122 Å². The van der Waals surface area contributed by atoms with Crippen LogP contribution in [0.25, 0.3) is 83.9 Å². The van der Waals surface area contributed by atoms with Crippen LogP contribution < -0.4 is 0 Å². The SMILES string of the molecule is [2H]C(C)(C)c1ccc(-c2ccnc(-c3[c-]c(-c4cccc5c4nc(-c4ccccc4O)n5-c4ccc(C(C([2H])([2H])[2H])C([2H])([2H])[2H])cc4-c4ccccc4)cc(-c4ccccc4)c3)c2)cc1.[Pt]. The Bertz CT molecular complexity index is 3160. The molecule has 292 valence electrons. The zero-order valence-electron chi connectivity index (χ0n) is 39.4. The molecule has 9 aromatic rings. The average molecular weight is 953 g/mol. The molecule has 0 saturated carbocycles. The molecule has 5 heteroatoms. The van der Waals surface area contributed by atoms with Crippen molar-refractivity contribution in [3.63, 3.8) is 0 Å². The predicted molar refractivity (Wildman–Crippen MR) is 240 cm³/mol. The molecule has 0 saturated heterocycles. The third-order valence-electron chi connectivity index (χ3n) is 10.6. The van der Waals surface area contributed by atoms with Crippen LogP contribution in [0.15, 0.2) is 176 Å². The van der Waals surface area contributed by atoms with E-state index < -0.39 is 25.5 Å². The normalized spacial score (nSPS) is 13.6. The van der Waals surface area contributed by atoms with E-state index in [0.29, 0.717) is 33.7 Å². The Morgan fingerprint density at radius 2 is 1.25 bits per heavy atom. The van der Waals surface area contributed by atoms with Gasteiger partial charge in [-0.05, 0) is 81.6 Å². The van der Waals surface area contributed by atoms with E-state index >= 15 is 0 Å². The van der Waals surface area contributed by atoms with E-state index in [4.69, 9.17) is 19.6 Å². The number of phenolic OH excluding ortho intramolecular Hbond substituents is 1. The number of pyridine rings is 1. The summed E-state index contributed by atoms with van der Waals surface area (Å²) in [4.78, 5) is 10.2. The van der Waals surface area contributed by atoms with Crippen LogP contribution in [0.5, 0.6) is 5.75 Å². The van der Waals surface area contributed by atoms with Gasteiger partial charge in [-0.3, -0.25) is 9.55 Å². The molecule has 9 rings (SSSR count). The second-order valence-electron chi connectivity index (χ2n) is 14.6. The molecule has 4 nitrogen and oxygen atoms in total. The molecule has 7 aromatic carbocycles. The van der Waals surface area contributed by atoms with Gasteiger partial charge in [0.05, 0.1) is 22.3 Å². The maximum Gasteiger partial charge on any atom is 0.148 e. The largest absolute Gasteiger partial charge is 0.507 e. The van der Waals surface area contributed by atoms with Crippen molar-refractivity contribution in [3.05, 3.63) is 193 Å². The van der Waals surface area contributed by atoms with Gasteiger partial charge in [0.1, 0.15) is 11.6 Å². The molecule has 59 heavy (non-hydrogen) atoms. The second-order valence-corrected chi connectivity index (χ2v) is 14.6. The summed E-state index contributed by atoms with van der Waals surface area (Å²) >= 11 is 0. The molecule has 0 aliphatic rings. The van der Waals surface area contributed by atoms with Crippen LogP contribution in [-0.4, -0.2) is 19.6 Å². The number of fused-ring (bicyclic) bond motifs is 1. The minimum absolute atomic E-state index is 0. The first-order valence-electron chi connectivity index (χ1n) is 22.7. The van der Waals surface area contributed by atoms with Gasteiger partial charge in [-0.2, -0.15) is 0 Å². The fourth-order valence-corrected chi connectivity index (χ4v) is 7.58. The van der Waals surface area contributed by atoms with Gasteiger partial charge in [-0.15, -0.1) is 23.8 Å². The van der Waals surface area contributed by atoms with Gasteiger partial charge in [-0.25, -0.2) is 4.98 Å². The van der Waals surface area contributed by atoms with Crippen molar-refractivity contribution in [2.24, 2.45) is 0 Å². The molecule has 0 unspecified atom stereocenters. The molecule has 2 aromatic heterocycles. The molecule has 0 amide bonds. The fourth-order valence-electron chi connectivity index (χ4n) is 7.58. The van der Waals surface area contributed by atoms with Gasteiger partial charge in [0.2, 0.25) is 0 Å². The number of rotatable bonds is 9. The maximum atomic E-state index is 11.4. The first-order valence-corrected chi connectivity index (χ1v) is 19.2. The van der Waals surface area contributed by atoms with E-state index in [2.05, 4.69) is 36.4 Å². The Morgan fingerprint density at radius 3 is 1.98 bits per heavy atom. The number of phenols is 1. The predicted octanol–water partition coefficient (Wildman–Crippen LogP) is 14.2. The van der Waals surface area contributed by atoms with Crippen molar-refractivity contribution in [1.29, 1.82) is 0 Å². The third kappa shape index (κ3) is 7.81. The Balaban J connectivity index is 0.00000592. The van der Waals surface area contributed by atoms with Crippen LogP contribution in [0.3, 0.4) is 0 Å². The van der Waals surface area contributed by atoms with Crippen LogP contribution in [0.1, 0.15) is 60.1 Å². The van der Waals surface area contributed by atoms with Gasteiger partial charge in [0.25, 0.3) is 0 Å². The number of nitrogens with zero attached hydrogens (tertiary/aromatic N) is 3. The number of aromatic nitrogens is 3. The third-order valence-corrected chi connectivity index (χ3v) is 10.6. The van der Waals surface area contributed by atoms with Crippen molar-refractivity contribution in [2.45, 2.75) is 39.4 Å². The zero-order valence-corrected chi connectivity index (χ0v) is 34.7. The van der Waals surface area contributed by atoms with E-state index in [1.165, 1.54) is 0 Å². The van der Waals surface area contributed by atoms with E-state index in [-0.39, 0.29) is 32.4 Å². The molecular weight excluding hydrogens is 902 g/mol. The van der Waals surface area contributed by atoms with Crippen LogP contribution in [-0.2, 0) is 21.1 Å². The summed E-state index contributed by atoms with van der Waals surface area (Å²) < 4.78 is 60.0. The first kappa shape index (κ1) is 31.6.